The Morgan fingerprint density at radius 2 is 2.29 bits per heavy atom. The lowest BCUT2D eigenvalue weighted by molar-refractivity contribution is 0.0986. The van der Waals surface area contributed by atoms with Crippen LogP contribution in [0, 0.1) is 5.41 Å². The van der Waals surface area contributed by atoms with E-state index in [4.69, 9.17) is 20.9 Å². The second-order valence-electron chi connectivity index (χ2n) is 6.89. The van der Waals surface area contributed by atoms with Gasteiger partial charge in [-0.25, -0.2) is 4.98 Å². The van der Waals surface area contributed by atoms with Gasteiger partial charge in [-0.05, 0) is 30.7 Å². The number of allylic oxidation sites excluding steroid dienone is 1. The van der Waals surface area contributed by atoms with Gasteiger partial charge in [0.2, 0.25) is 0 Å². The van der Waals surface area contributed by atoms with E-state index in [1.165, 1.54) is 6.08 Å². The van der Waals surface area contributed by atoms with Crippen LogP contribution in [0.25, 0.3) is 27.7 Å². The number of anilines is 1. The number of nitrogens with two attached hydrogens (primary N) is 1. The predicted molar refractivity (Wildman–Crippen MR) is 110 cm³/mol. The summed E-state index contributed by atoms with van der Waals surface area (Å²) in [6, 6.07) is 4.26. The van der Waals surface area contributed by atoms with Crippen molar-refractivity contribution in [3.05, 3.63) is 42.5 Å². The fourth-order valence-corrected chi connectivity index (χ4v) is 3.53. The summed E-state index contributed by atoms with van der Waals surface area (Å²) in [5.41, 5.74) is 9.91. The zero-order valence-electron chi connectivity index (χ0n) is 16.0. The Morgan fingerprint density at radius 3 is 3.00 bits per heavy atom. The van der Waals surface area contributed by atoms with Crippen LogP contribution >= 0.6 is 0 Å². The molecule has 0 aromatic carbocycles. The first kappa shape index (κ1) is 18.1. The highest BCUT2D eigenvalue weighted by Gasteiger charge is 2.23. The topological polar surface area (TPSA) is 106 Å². The Balaban J connectivity index is 1.99. The van der Waals surface area contributed by atoms with E-state index in [2.05, 4.69) is 28.0 Å². The average molecular weight is 377 g/mol. The molecule has 1 fully saturated rings. The molecule has 3 aromatic heterocycles. The Kier molecular flexibility index (Phi) is 4.79. The number of rotatable bonds is 4. The van der Waals surface area contributed by atoms with Crippen molar-refractivity contribution in [2.45, 2.75) is 13.0 Å². The van der Waals surface area contributed by atoms with Crippen molar-refractivity contribution in [3.63, 3.8) is 0 Å². The van der Waals surface area contributed by atoms with E-state index >= 15 is 0 Å². The molecule has 8 nitrogen and oxygen atoms in total. The minimum atomic E-state index is 0.218. The van der Waals surface area contributed by atoms with Gasteiger partial charge in [0, 0.05) is 43.2 Å². The molecule has 3 aromatic rings. The summed E-state index contributed by atoms with van der Waals surface area (Å²) in [4.78, 5) is 11.6. The number of nitrogens with one attached hydrogen (secondary N) is 1. The lowest BCUT2D eigenvalue weighted by Crippen LogP contribution is -2.44. The van der Waals surface area contributed by atoms with Crippen molar-refractivity contribution in [2.24, 2.45) is 12.8 Å². The van der Waals surface area contributed by atoms with E-state index < -0.39 is 0 Å². The molecule has 1 unspecified atom stereocenters. The lowest BCUT2D eigenvalue weighted by atomic mass is 10.0. The predicted octanol–water partition coefficient (Wildman–Crippen LogP) is 2.20. The first-order valence-corrected chi connectivity index (χ1v) is 9.18. The molecule has 144 valence electrons. The fraction of sp³-hybridized carbons (Fsp3) is 0.300. The van der Waals surface area contributed by atoms with E-state index in [1.807, 2.05) is 25.5 Å². The maximum absolute atomic E-state index is 7.34. The van der Waals surface area contributed by atoms with Crippen LogP contribution < -0.4 is 10.6 Å². The van der Waals surface area contributed by atoms with Crippen molar-refractivity contribution >= 4 is 28.6 Å². The van der Waals surface area contributed by atoms with Crippen LogP contribution in [0.3, 0.4) is 0 Å². The quantitative estimate of drug-likeness (QED) is 0.675. The standard InChI is InChI=1S/C20H23N7O/c1-13-12-28-8-7-27(13)18-9-16(14-10-24-26(2)11-14)15-4-6-23-20(19(15)25-18)17(22)3-5-21/h3-6,9-11,13,21H,7-8,12,22H2,1-2H3/b17-3-,21-5?. The number of fused-ring (bicyclic) bond motifs is 1. The number of aryl methyl sites for hydroxylation is 1. The van der Waals surface area contributed by atoms with Crippen molar-refractivity contribution in [2.75, 3.05) is 24.7 Å². The van der Waals surface area contributed by atoms with Crippen molar-refractivity contribution in [1.29, 1.82) is 5.41 Å². The van der Waals surface area contributed by atoms with Gasteiger partial charge in [-0.1, -0.05) is 0 Å². The third-order valence-corrected chi connectivity index (χ3v) is 4.93. The van der Waals surface area contributed by atoms with Crippen molar-refractivity contribution in [3.8, 4) is 11.1 Å². The molecule has 1 saturated heterocycles. The highest BCUT2D eigenvalue weighted by Crippen LogP contribution is 2.34. The van der Waals surface area contributed by atoms with Gasteiger partial charge in [0.15, 0.2) is 0 Å². The maximum Gasteiger partial charge on any atom is 0.130 e. The lowest BCUT2D eigenvalue weighted by Gasteiger charge is -2.34. The third kappa shape index (κ3) is 3.22. The molecule has 28 heavy (non-hydrogen) atoms. The van der Waals surface area contributed by atoms with E-state index in [9.17, 15) is 0 Å². The molecule has 0 aliphatic carbocycles. The van der Waals surface area contributed by atoms with Gasteiger partial charge in [0.05, 0.1) is 31.1 Å². The van der Waals surface area contributed by atoms with Gasteiger partial charge in [-0.15, -0.1) is 0 Å². The van der Waals surface area contributed by atoms with Crippen molar-refractivity contribution < 1.29 is 4.74 Å². The summed E-state index contributed by atoms with van der Waals surface area (Å²) in [6.07, 6.45) is 8.24. The van der Waals surface area contributed by atoms with E-state index in [0.717, 1.165) is 35.1 Å². The molecule has 1 aliphatic heterocycles. The highest BCUT2D eigenvalue weighted by molar-refractivity contribution is 6.01. The van der Waals surface area contributed by atoms with Crippen LogP contribution in [-0.2, 0) is 11.8 Å². The molecule has 1 atom stereocenters. The number of pyridine rings is 2. The normalized spacial score (nSPS) is 17.9. The van der Waals surface area contributed by atoms with Crippen LogP contribution in [0.2, 0.25) is 0 Å². The van der Waals surface area contributed by atoms with E-state index in [0.29, 0.717) is 30.1 Å². The average Bonchev–Trinajstić information content (AvgIpc) is 3.13. The number of hydrogen-bond donors (Lipinski definition) is 2. The monoisotopic (exact) mass is 377 g/mol. The second-order valence-corrected chi connectivity index (χ2v) is 6.89. The molecule has 8 heteroatoms. The van der Waals surface area contributed by atoms with Crippen molar-refractivity contribution in [1.82, 2.24) is 19.7 Å². The summed E-state index contributed by atoms with van der Waals surface area (Å²) < 4.78 is 7.37. The SMILES string of the molecule is CC1COCCN1c1cc(-c2cnn(C)c2)c2ccnc(/C(N)=C/C=N)c2n1. The maximum atomic E-state index is 7.34. The Morgan fingerprint density at radius 1 is 1.43 bits per heavy atom. The molecule has 0 amide bonds. The summed E-state index contributed by atoms with van der Waals surface area (Å²) >= 11 is 0. The molecule has 0 radical (unpaired) electrons. The Labute approximate surface area is 163 Å². The summed E-state index contributed by atoms with van der Waals surface area (Å²) in [6.45, 7) is 4.23. The van der Waals surface area contributed by atoms with E-state index in [-0.39, 0.29) is 6.04 Å². The third-order valence-electron chi connectivity index (χ3n) is 4.93. The number of morpholine rings is 1. The summed E-state index contributed by atoms with van der Waals surface area (Å²) in [7, 11) is 1.90. The number of aromatic nitrogens is 4. The second kappa shape index (κ2) is 7.40. The Hall–Kier alpha value is -3.26. The number of nitrogens with zero attached hydrogens (tertiary/aromatic N) is 5. The molecule has 3 N–H and O–H groups in total. The minimum Gasteiger partial charge on any atom is -0.397 e. The minimum absolute atomic E-state index is 0.218. The van der Waals surface area contributed by atoms with Crippen LogP contribution in [0.15, 0.2) is 36.8 Å². The molecule has 4 heterocycles. The molecule has 0 bridgehead atoms. The Bertz CT molecular complexity index is 1060. The first-order valence-electron chi connectivity index (χ1n) is 9.18. The first-order chi connectivity index (χ1) is 13.6. The molecular weight excluding hydrogens is 354 g/mol. The zero-order chi connectivity index (χ0) is 19.7. The summed E-state index contributed by atoms with van der Waals surface area (Å²) in [5, 5.41) is 12.6. The van der Waals surface area contributed by atoms with E-state index in [1.54, 1.807) is 10.9 Å². The van der Waals surface area contributed by atoms with Crippen LogP contribution in [0.4, 0.5) is 5.82 Å². The number of ether oxygens (including phenoxy) is 1. The molecule has 0 spiro atoms. The smallest absolute Gasteiger partial charge is 0.130 e. The molecule has 0 saturated carbocycles. The molecule has 1 aliphatic rings. The van der Waals surface area contributed by atoms with Gasteiger partial charge < -0.3 is 20.8 Å². The van der Waals surface area contributed by atoms with Gasteiger partial charge >= 0.3 is 0 Å². The highest BCUT2D eigenvalue weighted by atomic mass is 16.5. The van der Waals surface area contributed by atoms with Crippen LogP contribution in [0.1, 0.15) is 12.6 Å². The molecular formula is C20H23N7O. The van der Waals surface area contributed by atoms with Crippen LogP contribution in [0.5, 0.6) is 0 Å². The van der Waals surface area contributed by atoms with Gasteiger partial charge in [0.1, 0.15) is 17.0 Å². The molecule has 4 rings (SSSR count). The number of hydrogen-bond acceptors (Lipinski definition) is 7. The zero-order valence-corrected chi connectivity index (χ0v) is 16.0. The van der Waals surface area contributed by atoms with Crippen LogP contribution in [-0.4, -0.2) is 51.8 Å². The van der Waals surface area contributed by atoms with Gasteiger partial charge in [0.25, 0.3) is 0 Å². The fourth-order valence-electron chi connectivity index (χ4n) is 3.53. The largest absolute Gasteiger partial charge is 0.397 e. The van der Waals surface area contributed by atoms with Gasteiger partial charge in [-0.3, -0.25) is 9.67 Å². The van der Waals surface area contributed by atoms with Gasteiger partial charge in [-0.2, -0.15) is 5.10 Å². The summed E-state index contributed by atoms with van der Waals surface area (Å²) in [5.74, 6) is 0.860.